The van der Waals surface area contributed by atoms with E-state index < -0.39 is 23.7 Å². The van der Waals surface area contributed by atoms with E-state index in [2.05, 4.69) is 21.7 Å². The van der Waals surface area contributed by atoms with Crippen LogP contribution in [0.15, 0.2) is 41.9 Å². The van der Waals surface area contributed by atoms with Gasteiger partial charge in [0.25, 0.3) is 0 Å². The Morgan fingerprint density at radius 1 is 1.44 bits per heavy atom. The number of rotatable bonds is 7. The molecule has 2 aromatic heterocycles. The van der Waals surface area contributed by atoms with Gasteiger partial charge in [0.15, 0.2) is 0 Å². The monoisotopic (exact) mass is 481 g/mol. The van der Waals surface area contributed by atoms with Gasteiger partial charge in [0.1, 0.15) is 11.6 Å². The second-order valence-electron chi connectivity index (χ2n) is 8.59. The number of hydrogen-bond acceptors (Lipinski definition) is 6. The molecule has 0 amide bonds. The van der Waals surface area contributed by atoms with E-state index in [0.29, 0.717) is 48.1 Å². The third-order valence-corrected chi connectivity index (χ3v) is 7.27. The highest BCUT2D eigenvalue weighted by atomic mass is 32.1. The van der Waals surface area contributed by atoms with Gasteiger partial charge >= 0.3 is 5.97 Å². The molecule has 0 spiro atoms. The fraction of sp³-hybridized carbons (Fsp3) is 0.385. The number of aromatic nitrogens is 1. The predicted molar refractivity (Wildman–Crippen MR) is 131 cm³/mol. The molecule has 1 saturated heterocycles. The summed E-state index contributed by atoms with van der Waals surface area (Å²) in [6.45, 7) is 1.79. The van der Waals surface area contributed by atoms with E-state index >= 15 is 0 Å². The molecular formula is C26H28FN3O3S. The van der Waals surface area contributed by atoms with Crippen LogP contribution in [-0.4, -0.2) is 47.7 Å². The van der Waals surface area contributed by atoms with Crippen LogP contribution in [0.2, 0.25) is 0 Å². The molecule has 3 atom stereocenters. The van der Waals surface area contributed by atoms with E-state index in [1.807, 2.05) is 17.5 Å². The van der Waals surface area contributed by atoms with Crippen molar-refractivity contribution in [3.05, 3.63) is 58.2 Å². The molecule has 4 rings (SSSR count). The highest BCUT2D eigenvalue weighted by Crippen LogP contribution is 2.34. The molecule has 1 aliphatic rings. The maximum Gasteiger partial charge on any atom is 0.308 e. The molecule has 1 aliphatic heterocycles. The Morgan fingerprint density at radius 2 is 2.29 bits per heavy atom. The van der Waals surface area contributed by atoms with E-state index in [-0.39, 0.29) is 5.92 Å². The summed E-state index contributed by atoms with van der Waals surface area (Å²) >= 11 is 1.59. The molecular weight excluding hydrogens is 453 g/mol. The third kappa shape index (κ3) is 5.55. The summed E-state index contributed by atoms with van der Waals surface area (Å²) in [6, 6.07) is 8.67. The molecule has 6 nitrogen and oxygen atoms in total. The lowest BCUT2D eigenvalue weighted by Crippen LogP contribution is -2.44. The number of thiophene rings is 1. The number of pyridine rings is 1. The van der Waals surface area contributed by atoms with E-state index in [1.165, 1.54) is 6.20 Å². The first kappa shape index (κ1) is 24.1. The maximum absolute atomic E-state index is 14.8. The molecule has 1 aromatic carbocycles. The van der Waals surface area contributed by atoms with E-state index in [1.54, 1.807) is 36.6 Å². The van der Waals surface area contributed by atoms with Crippen molar-refractivity contribution < 1.29 is 19.0 Å². The molecule has 3 N–H and O–H groups in total. The fourth-order valence-corrected chi connectivity index (χ4v) is 5.23. The van der Waals surface area contributed by atoms with Crippen LogP contribution in [0.25, 0.3) is 10.9 Å². The predicted octanol–water partition coefficient (Wildman–Crippen LogP) is 4.30. The number of ether oxygens (including phenoxy) is 1. The Bertz CT molecular complexity index is 1210. The highest BCUT2D eigenvalue weighted by Gasteiger charge is 2.34. The van der Waals surface area contributed by atoms with Crippen molar-refractivity contribution in [3.63, 3.8) is 0 Å². The smallest absolute Gasteiger partial charge is 0.308 e. The molecule has 0 saturated carbocycles. The Kier molecular flexibility index (Phi) is 7.78. The zero-order valence-corrected chi connectivity index (χ0v) is 19.9. The lowest BCUT2D eigenvalue weighted by molar-refractivity contribution is -0.146. The van der Waals surface area contributed by atoms with Crippen molar-refractivity contribution in [3.8, 4) is 17.6 Å². The summed E-state index contributed by atoms with van der Waals surface area (Å²) in [5.74, 6) is 5.11. The average molecular weight is 482 g/mol. The largest absolute Gasteiger partial charge is 0.497 e. The van der Waals surface area contributed by atoms with E-state index in [9.17, 15) is 14.3 Å². The first-order valence-electron chi connectivity index (χ1n) is 11.3. The SMILES string of the molecule is COc1ccc2ncc(F)c([C@H](N)CCC3CCN(CC#Cc4cccs4)CC3C(=O)O)c2c1. The van der Waals surface area contributed by atoms with Crippen LogP contribution in [0.3, 0.4) is 0 Å². The van der Waals surface area contributed by atoms with Gasteiger partial charge < -0.3 is 15.6 Å². The fourth-order valence-electron chi connectivity index (χ4n) is 4.63. The number of nitrogens with zero attached hydrogens (tertiary/aromatic N) is 2. The topological polar surface area (TPSA) is 88.7 Å². The van der Waals surface area contributed by atoms with Crippen LogP contribution < -0.4 is 10.5 Å². The van der Waals surface area contributed by atoms with Crippen LogP contribution in [0.5, 0.6) is 5.75 Å². The number of fused-ring (bicyclic) bond motifs is 1. The number of carboxylic acid groups (broad SMARTS) is 1. The molecule has 1 fully saturated rings. The number of nitrogens with two attached hydrogens (primary N) is 1. The van der Waals surface area contributed by atoms with Crippen LogP contribution in [0.1, 0.15) is 35.7 Å². The van der Waals surface area contributed by atoms with Crippen LogP contribution >= 0.6 is 11.3 Å². The van der Waals surface area contributed by atoms with Gasteiger partial charge in [-0.25, -0.2) is 4.39 Å². The van der Waals surface area contributed by atoms with Gasteiger partial charge in [0.2, 0.25) is 0 Å². The Labute approximate surface area is 202 Å². The quantitative estimate of drug-likeness (QED) is 0.489. The lowest BCUT2D eigenvalue weighted by atomic mass is 9.81. The molecule has 2 unspecified atom stereocenters. The number of aliphatic carboxylic acids is 1. The normalized spacial score (nSPS) is 19.4. The Hall–Kier alpha value is -2.99. The third-order valence-electron chi connectivity index (χ3n) is 6.48. The first-order chi connectivity index (χ1) is 16.5. The number of hydrogen-bond donors (Lipinski definition) is 2. The van der Waals surface area contributed by atoms with Crippen LogP contribution in [0.4, 0.5) is 4.39 Å². The second-order valence-corrected chi connectivity index (χ2v) is 9.54. The molecule has 0 bridgehead atoms. The minimum absolute atomic E-state index is 0.0178. The standard InChI is InChI=1S/C26H28FN3O3S/c1-33-18-7-9-24-20(14-18)25(22(27)15-29-24)23(28)8-6-17-10-12-30(16-21(17)26(31)32)11-2-4-19-5-3-13-34-19/h3,5,7,9,13-15,17,21,23H,6,8,10-12,16,28H2,1H3,(H,31,32)/t17?,21?,23-/m1/s1. The summed E-state index contributed by atoms with van der Waals surface area (Å²) in [4.78, 5) is 19.3. The molecule has 178 valence electrons. The molecule has 0 radical (unpaired) electrons. The first-order valence-corrected chi connectivity index (χ1v) is 12.2. The second kappa shape index (κ2) is 11.0. The van der Waals surface area contributed by atoms with Crippen molar-refractivity contribution in [1.82, 2.24) is 9.88 Å². The minimum atomic E-state index is -0.806. The van der Waals surface area contributed by atoms with Gasteiger partial charge in [0, 0.05) is 23.5 Å². The zero-order chi connectivity index (χ0) is 24.1. The summed E-state index contributed by atoms with van der Waals surface area (Å²) in [6.07, 6.45) is 3.04. The molecule has 3 heterocycles. The van der Waals surface area contributed by atoms with E-state index in [0.717, 1.165) is 17.8 Å². The van der Waals surface area contributed by atoms with Crippen molar-refractivity contribution in [2.24, 2.45) is 17.6 Å². The van der Waals surface area contributed by atoms with Gasteiger partial charge in [-0.1, -0.05) is 17.9 Å². The summed E-state index contributed by atoms with van der Waals surface area (Å²) in [5.41, 5.74) is 7.49. The number of likely N-dealkylation sites (tertiary alicyclic amines) is 1. The van der Waals surface area contributed by atoms with Crippen LogP contribution in [0, 0.1) is 29.5 Å². The minimum Gasteiger partial charge on any atom is -0.497 e. The maximum atomic E-state index is 14.8. The number of methoxy groups -OCH3 is 1. The molecule has 0 aliphatic carbocycles. The Morgan fingerprint density at radius 3 is 3.03 bits per heavy atom. The molecule has 3 aromatic rings. The number of piperidine rings is 1. The zero-order valence-electron chi connectivity index (χ0n) is 19.0. The van der Waals surface area contributed by atoms with Gasteiger partial charge in [-0.3, -0.25) is 14.7 Å². The van der Waals surface area contributed by atoms with Gasteiger partial charge in [-0.15, -0.1) is 11.3 Å². The van der Waals surface area contributed by atoms with Crippen LogP contribution in [-0.2, 0) is 4.79 Å². The molecule has 8 heteroatoms. The average Bonchev–Trinajstić information content (AvgIpc) is 3.36. The van der Waals surface area contributed by atoms with Crippen molar-refractivity contribution in [1.29, 1.82) is 0 Å². The number of benzene rings is 1. The molecule has 34 heavy (non-hydrogen) atoms. The van der Waals surface area contributed by atoms with E-state index in [4.69, 9.17) is 10.5 Å². The highest BCUT2D eigenvalue weighted by molar-refractivity contribution is 7.10. The van der Waals surface area contributed by atoms with Crippen molar-refractivity contribution in [2.45, 2.75) is 25.3 Å². The van der Waals surface area contributed by atoms with Gasteiger partial charge in [-0.2, -0.15) is 0 Å². The van der Waals surface area contributed by atoms with Crippen molar-refractivity contribution >= 4 is 28.2 Å². The lowest BCUT2D eigenvalue weighted by Gasteiger charge is -2.36. The van der Waals surface area contributed by atoms with Crippen molar-refractivity contribution in [2.75, 3.05) is 26.7 Å². The number of carboxylic acids is 1. The van der Waals surface area contributed by atoms with Gasteiger partial charge in [0.05, 0.1) is 36.2 Å². The summed E-state index contributed by atoms with van der Waals surface area (Å²) in [7, 11) is 1.56. The number of halogens is 1. The Balaban J connectivity index is 1.42. The summed E-state index contributed by atoms with van der Waals surface area (Å²) < 4.78 is 20.0. The summed E-state index contributed by atoms with van der Waals surface area (Å²) in [5, 5.41) is 12.5. The van der Waals surface area contributed by atoms with Gasteiger partial charge in [-0.05, 0) is 61.4 Å². The number of carbonyl (C=O) groups is 1.